The molecule has 2 aromatic rings. The van der Waals surface area contributed by atoms with Crippen LogP contribution in [0.4, 0.5) is 0 Å². The van der Waals surface area contributed by atoms with Gasteiger partial charge in [-0.05, 0) is 38.5 Å². The van der Waals surface area contributed by atoms with Crippen molar-refractivity contribution in [3.63, 3.8) is 0 Å². The van der Waals surface area contributed by atoms with Crippen LogP contribution >= 0.6 is 11.6 Å². The Kier molecular flexibility index (Phi) is 3.49. The molecule has 1 N–H and O–H groups in total. The van der Waals surface area contributed by atoms with Crippen LogP contribution in [-0.4, -0.2) is 31.4 Å². The minimum Gasteiger partial charge on any atom is -0.451 e. The number of sulfone groups is 1. The molecule has 0 spiro atoms. The van der Waals surface area contributed by atoms with Crippen LogP contribution in [0.5, 0.6) is 0 Å². The maximum atomic E-state index is 12.5. The van der Waals surface area contributed by atoms with Crippen molar-refractivity contribution in [3.8, 4) is 0 Å². The number of carbonyl (C=O) groups excluding carboxylic acids is 1. The number of halogens is 1. The summed E-state index contributed by atoms with van der Waals surface area (Å²) in [6.45, 7) is 3.52. The van der Waals surface area contributed by atoms with Crippen LogP contribution in [0, 0.1) is 6.92 Å². The summed E-state index contributed by atoms with van der Waals surface area (Å²) >= 11 is 5.96. The van der Waals surface area contributed by atoms with Crippen LogP contribution in [0.3, 0.4) is 0 Å². The van der Waals surface area contributed by atoms with E-state index in [-0.39, 0.29) is 17.3 Å². The van der Waals surface area contributed by atoms with Gasteiger partial charge >= 0.3 is 0 Å². The summed E-state index contributed by atoms with van der Waals surface area (Å²) in [7, 11) is -3.08. The molecule has 2 heterocycles. The third kappa shape index (κ3) is 2.73. The van der Waals surface area contributed by atoms with E-state index in [9.17, 15) is 13.2 Å². The Balaban J connectivity index is 1.91. The average Bonchev–Trinajstić information content (AvgIpc) is 2.87. The fourth-order valence-electron chi connectivity index (χ4n) is 2.85. The zero-order valence-electron chi connectivity index (χ0n) is 12.3. The van der Waals surface area contributed by atoms with Gasteiger partial charge in [-0.15, -0.1) is 0 Å². The highest BCUT2D eigenvalue weighted by Crippen LogP contribution is 2.29. The van der Waals surface area contributed by atoms with Crippen molar-refractivity contribution in [2.45, 2.75) is 25.8 Å². The van der Waals surface area contributed by atoms with Crippen molar-refractivity contribution >= 4 is 38.3 Å². The van der Waals surface area contributed by atoms with Crippen LogP contribution in [0.2, 0.25) is 5.02 Å². The van der Waals surface area contributed by atoms with Gasteiger partial charge in [0.25, 0.3) is 5.91 Å². The topological polar surface area (TPSA) is 76.4 Å². The Labute approximate surface area is 133 Å². The van der Waals surface area contributed by atoms with E-state index in [0.29, 0.717) is 22.6 Å². The smallest absolute Gasteiger partial charge is 0.287 e. The van der Waals surface area contributed by atoms with Gasteiger partial charge in [0.1, 0.15) is 5.58 Å². The second kappa shape index (κ2) is 4.99. The maximum absolute atomic E-state index is 12.5. The predicted molar refractivity (Wildman–Crippen MR) is 85.1 cm³/mol. The SMILES string of the molecule is Cc1c(C(=O)NC2(C)CCS(=O)(=O)C2)oc2ccc(Cl)cc12. The Morgan fingerprint density at radius 1 is 1.41 bits per heavy atom. The van der Waals surface area contributed by atoms with E-state index in [4.69, 9.17) is 16.0 Å². The van der Waals surface area contributed by atoms with Crippen molar-refractivity contribution in [1.82, 2.24) is 5.32 Å². The molecule has 1 amide bonds. The first-order valence-corrected chi connectivity index (χ1v) is 9.11. The van der Waals surface area contributed by atoms with E-state index in [1.54, 1.807) is 32.0 Å². The van der Waals surface area contributed by atoms with Gasteiger partial charge in [0.15, 0.2) is 15.6 Å². The number of rotatable bonds is 2. The minimum atomic E-state index is -3.08. The molecular formula is C15H16ClNO4S. The van der Waals surface area contributed by atoms with E-state index >= 15 is 0 Å². The average molecular weight is 342 g/mol. The first-order chi connectivity index (χ1) is 10.2. The molecule has 0 saturated carbocycles. The van der Waals surface area contributed by atoms with E-state index in [0.717, 1.165) is 5.39 Å². The lowest BCUT2D eigenvalue weighted by molar-refractivity contribution is 0.0888. The highest BCUT2D eigenvalue weighted by molar-refractivity contribution is 7.91. The molecule has 1 aliphatic rings. The van der Waals surface area contributed by atoms with Crippen molar-refractivity contribution in [3.05, 3.63) is 34.5 Å². The molecule has 0 bridgehead atoms. The maximum Gasteiger partial charge on any atom is 0.287 e. The number of carbonyl (C=O) groups is 1. The number of nitrogens with one attached hydrogen (secondary N) is 1. The molecule has 1 atom stereocenters. The summed E-state index contributed by atoms with van der Waals surface area (Å²) in [6, 6.07) is 5.15. The largest absolute Gasteiger partial charge is 0.451 e. The first-order valence-electron chi connectivity index (χ1n) is 6.91. The number of amides is 1. The van der Waals surface area contributed by atoms with Crippen LogP contribution < -0.4 is 5.32 Å². The summed E-state index contributed by atoms with van der Waals surface area (Å²) in [5.41, 5.74) is 0.523. The Hall–Kier alpha value is -1.53. The lowest BCUT2D eigenvalue weighted by atomic mass is 10.0. The van der Waals surface area contributed by atoms with E-state index in [1.165, 1.54) is 0 Å². The number of benzene rings is 1. The number of hydrogen-bond acceptors (Lipinski definition) is 4. The second-order valence-corrected chi connectivity index (χ2v) is 8.67. The summed E-state index contributed by atoms with van der Waals surface area (Å²) in [4.78, 5) is 12.5. The van der Waals surface area contributed by atoms with E-state index < -0.39 is 21.3 Å². The molecule has 7 heteroatoms. The molecule has 118 valence electrons. The van der Waals surface area contributed by atoms with Gasteiger partial charge < -0.3 is 9.73 Å². The molecule has 0 radical (unpaired) electrons. The van der Waals surface area contributed by atoms with Gasteiger partial charge in [0.2, 0.25) is 0 Å². The highest BCUT2D eigenvalue weighted by Gasteiger charge is 2.40. The summed E-state index contributed by atoms with van der Waals surface area (Å²) in [5, 5.41) is 4.15. The Bertz CT molecular complexity index is 871. The van der Waals surface area contributed by atoms with Crippen molar-refractivity contribution < 1.29 is 17.6 Å². The molecule has 1 fully saturated rings. The molecular weight excluding hydrogens is 326 g/mol. The monoisotopic (exact) mass is 341 g/mol. The van der Waals surface area contributed by atoms with E-state index in [1.807, 2.05) is 0 Å². The predicted octanol–water partition coefficient (Wildman–Crippen LogP) is 2.70. The van der Waals surface area contributed by atoms with Gasteiger partial charge in [-0.1, -0.05) is 11.6 Å². The van der Waals surface area contributed by atoms with Crippen LogP contribution in [0.15, 0.2) is 22.6 Å². The molecule has 5 nitrogen and oxygen atoms in total. The number of fused-ring (bicyclic) bond motifs is 1. The molecule has 1 aliphatic heterocycles. The van der Waals surface area contributed by atoms with Gasteiger partial charge in [-0.3, -0.25) is 4.79 Å². The molecule has 1 unspecified atom stereocenters. The van der Waals surface area contributed by atoms with Gasteiger partial charge in [-0.25, -0.2) is 8.42 Å². The lowest BCUT2D eigenvalue weighted by Gasteiger charge is -2.23. The second-order valence-electron chi connectivity index (χ2n) is 6.05. The standard InChI is InChI=1S/C15H16ClNO4S/c1-9-11-7-10(16)3-4-12(11)21-13(9)14(18)17-15(2)5-6-22(19,20)8-15/h3-4,7H,5-6,8H2,1-2H3,(H,17,18). The van der Waals surface area contributed by atoms with Crippen LogP contribution in [0.25, 0.3) is 11.0 Å². The zero-order valence-corrected chi connectivity index (χ0v) is 13.8. The fraction of sp³-hybridized carbons (Fsp3) is 0.400. The number of hydrogen-bond donors (Lipinski definition) is 1. The number of aryl methyl sites for hydroxylation is 1. The normalized spacial score (nSPS) is 23.8. The van der Waals surface area contributed by atoms with Crippen molar-refractivity contribution in [2.24, 2.45) is 0 Å². The third-order valence-corrected chi connectivity index (χ3v) is 6.16. The molecule has 1 aromatic carbocycles. The first kappa shape index (κ1) is 15.4. The summed E-state index contributed by atoms with van der Waals surface area (Å²) in [5.74, 6) is -0.151. The molecule has 3 rings (SSSR count). The zero-order chi connectivity index (χ0) is 16.1. The van der Waals surface area contributed by atoms with Crippen molar-refractivity contribution in [2.75, 3.05) is 11.5 Å². The Morgan fingerprint density at radius 3 is 2.77 bits per heavy atom. The van der Waals surface area contributed by atoms with Gasteiger partial charge in [0, 0.05) is 16.0 Å². The van der Waals surface area contributed by atoms with E-state index in [2.05, 4.69) is 5.32 Å². The lowest BCUT2D eigenvalue weighted by Crippen LogP contribution is -2.47. The van der Waals surface area contributed by atoms with Gasteiger partial charge in [-0.2, -0.15) is 0 Å². The number of furan rings is 1. The molecule has 22 heavy (non-hydrogen) atoms. The fourth-order valence-corrected chi connectivity index (χ4v) is 5.11. The summed E-state index contributed by atoms with van der Waals surface area (Å²) < 4.78 is 28.8. The van der Waals surface area contributed by atoms with Gasteiger partial charge in [0.05, 0.1) is 17.0 Å². The van der Waals surface area contributed by atoms with Crippen molar-refractivity contribution in [1.29, 1.82) is 0 Å². The minimum absolute atomic E-state index is 0.0448. The quantitative estimate of drug-likeness (QED) is 0.911. The summed E-state index contributed by atoms with van der Waals surface area (Å²) in [6.07, 6.45) is 0.409. The molecule has 1 saturated heterocycles. The molecule has 0 aliphatic carbocycles. The third-order valence-electron chi connectivity index (χ3n) is 4.02. The van der Waals surface area contributed by atoms with Crippen LogP contribution in [-0.2, 0) is 9.84 Å². The molecule has 1 aromatic heterocycles. The Morgan fingerprint density at radius 2 is 2.14 bits per heavy atom. The highest BCUT2D eigenvalue weighted by atomic mass is 35.5. The van der Waals surface area contributed by atoms with Crippen LogP contribution in [0.1, 0.15) is 29.5 Å².